The first-order valence-corrected chi connectivity index (χ1v) is 7.92. The highest BCUT2D eigenvalue weighted by Crippen LogP contribution is 2.36. The predicted octanol–water partition coefficient (Wildman–Crippen LogP) is 5.21. The summed E-state index contributed by atoms with van der Waals surface area (Å²) in [6.07, 6.45) is 1.67. The Balaban J connectivity index is 1.99. The molecule has 3 heterocycles. The number of pyridine rings is 2. The maximum absolute atomic E-state index is 7.77. The van der Waals surface area contributed by atoms with Gasteiger partial charge in [0.15, 0.2) is 11.8 Å². The van der Waals surface area contributed by atoms with E-state index in [2.05, 4.69) is 4.98 Å². The van der Waals surface area contributed by atoms with Crippen molar-refractivity contribution in [2.24, 2.45) is 7.05 Å². The van der Waals surface area contributed by atoms with Crippen molar-refractivity contribution >= 4 is 22.1 Å². The van der Waals surface area contributed by atoms with Crippen LogP contribution in [0.1, 0.15) is 48.8 Å². The molecule has 0 aliphatic carbocycles. The molecule has 0 N–H and O–H groups in total. The van der Waals surface area contributed by atoms with E-state index in [9.17, 15) is 0 Å². The number of furan rings is 1. The second kappa shape index (κ2) is 5.69. The van der Waals surface area contributed by atoms with Crippen molar-refractivity contribution < 1.29 is 21.3 Å². The molecule has 1 aromatic carbocycles. The van der Waals surface area contributed by atoms with Crippen molar-refractivity contribution in [1.82, 2.24) is 4.98 Å². The summed E-state index contributed by atoms with van der Waals surface area (Å²) in [5, 5.41) is 1.30. The molecule has 0 fully saturated rings. The Morgan fingerprint density at radius 3 is 2.76 bits per heavy atom. The number of rotatable bonds is 2. The van der Waals surface area contributed by atoms with Gasteiger partial charge in [0, 0.05) is 40.9 Å². The first kappa shape index (κ1) is 8.61. The standard InChI is InChI=1S/C22H23N2O/c1-13(2)18-9-8-17-16-7-6-15(4)20(21(16)25-22(17)23-18)19-12-14(3)10-11-24(19)5/h6-13H,1-5H3/q+1/i1D3,2D3,3D3. The van der Waals surface area contributed by atoms with Gasteiger partial charge in [-0.1, -0.05) is 25.8 Å². The van der Waals surface area contributed by atoms with Gasteiger partial charge >= 0.3 is 0 Å². The Labute approximate surface area is 160 Å². The third-order valence-corrected chi connectivity index (χ3v) is 4.44. The van der Waals surface area contributed by atoms with E-state index >= 15 is 0 Å². The Bertz CT molecular complexity index is 1380. The minimum Gasteiger partial charge on any atom is -0.437 e. The quantitative estimate of drug-likeness (QED) is 0.469. The van der Waals surface area contributed by atoms with Gasteiger partial charge in [0.2, 0.25) is 11.4 Å². The number of hydrogen-bond donors (Lipinski definition) is 0. The van der Waals surface area contributed by atoms with E-state index in [1.165, 1.54) is 6.07 Å². The largest absolute Gasteiger partial charge is 0.437 e. The molecule has 0 saturated carbocycles. The summed E-state index contributed by atoms with van der Waals surface area (Å²) in [5.74, 6) is -1.76. The van der Waals surface area contributed by atoms with Crippen LogP contribution < -0.4 is 4.57 Å². The second-order valence-corrected chi connectivity index (χ2v) is 6.17. The van der Waals surface area contributed by atoms with Crippen LogP contribution >= 0.6 is 0 Å². The first-order valence-electron chi connectivity index (χ1n) is 12.4. The van der Waals surface area contributed by atoms with Crippen molar-refractivity contribution in [3.8, 4) is 11.3 Å². The van der Waals surface area contributed by atoms with E-state index in [1.807, 2.05) is 19.1 Å². The maximum Gasteiger partial charge on any atom is 0.227 e. The lowest BCUT2D eigenvalue weighted by molar-refractivity contribution is -0.660. The minimum atomic E-state index is -2.77. The molecule has 0 amide bonds. The smallest absolute Gasteiger partial charge is 0.227 e. The molecule has 0 saturated heterocycles. The summed E-state index contributed by atoms with van der Waals surface area (Å²) in [6.45, 7) is -5.96. The molecule has 3 aromatic heterocycles. The molecule has 0 unspecified atom stereocenters. The van der Waals surface area contributed by atoms with Gasteiger partial charge in [-0.3, -0.25) is 0 Å². The highest BCUT2D eigenvalue weighted by molar-refractivity contribution is 6.08. The van der Waals surface area contributed by atoms with Crippen molar-refractivity contribution in [3.05, 3.63) is 59.4 Å². The number of benzene rings is 1. The van der Waals surface area contributed by atoms with Crippen molar-refractivity contribution in [3.63, 3.8) is 0 Å². The molecule has 3 nitrogen and oxygen atoms in total. The third-order valence-electron chi connectivity index (χ3n) is 4.44. The molecular weight excluding hydrogens is 308 g/mol. The van der Waals surface area contributed by atoms with Crippen LogP contribution in [0.15, 0.2) is 47.0 Å². The molecular formula is C22H23N2O+. The highest BCUT2D eigenvalue weighted by Gasteiger charge is 2.21. The van der Waals surface area contributed by atoms with E-state index in [4.69, 9.17) is 16.8 Å². The summed E-state index contributed by atoms with van der Waals surface area (Å²) in [7, 11) is 1.80. The molecule has 0 radical (unpaired) electrons. The van der Waals surface area contributed by atoms with Crippen LogP contribution in [0, 0.1) is 13.8 Å². The molecule has 0 atom stereocenters. The van der Waals surface area contributed by atoms with Gasteiger partial charge in [0.25, 0.3) is 0 Å². The summed E-state index contributed by atoms with van der Waals surface area (Å²) in [6, 6.07) is 9.90. The lowest BCUT2D eigenvalue weighted by atomic mass is 10.00. The zero-order valence-electron chi connectivity index (χ0n) is 22.9. The van der Waals surface area contributed by atoms with Crippen LogP contribution in [0.3, 0.4) is 0 Å². The molecule has 25 heavy (non-hydrogen) atoms. The summed E-state index contributed by atoms with van der Waals surface area (Å²) in [5.41, 5.74) is 2.80. The van der Waals surface area contributed by atoms with Crippen molar-refractivity contribution in [2.75, 3.05) is 0 Å². The zero-order chi connectivity index (χ0) is 25.2. The first-order chi connectivity index (χ1) is 15.6. The Morgan fingerprint density at radius 2 is 1.96 bits per heavy atom. The fourth-order valence-corrected chi connectivity index (χ4v) is 3.13. The van der Waals surface area contributed by atoms with Crippen LogP contribution in [0.5, 0.6) is 0 Å². The molecule has 4 aromatic rings. The molecule has 0 aliphatic heterocycles. The summed E-state index contributed by atoms with van der Waals surface area (Å²) < 4.78 is 77.5. The Morgan fingerprint density at radius 1 is 1.12 bits per heavy atom. The fourth-order valence-electron chi connectivity index (χ4n) is 3.13. The van der Waals surface area contributed by atoms with Gasteiger partial charge in [-0.05, 0) is 43.0 Å². The van der Waals surface area contributed by atoms with Crippen molar-refractivity contribution in [2.45, 2.75) is 33.4 Å². The van der Waals surface area contributed by atoms with Crippen LogP contribution in [-0.4, -0.2) is 4.98 Å². The van der Waals surface area contributed by atoms with E-state index in [0.29, 0.717) is 27.6 Å². The number of aryl methyl sites for hydroxylation is 3. The Hall–Kier alpha value is -2.68. The number of aromatic nitrogens is 2. The number of hydrogen-bond acceptors (Lipinski definition) is 2. The fraction of sp³-hybridized carbons (Fsp3) is 0.273. The minimum absolute atomic E-state index is 0.0974. The second-order valence-electron chi connectivity index (χ2n) is 6.17. The lowest BCUT2D eigenvalue weighted by Crippen LogP contribution is -2.30. The molecule has 4 rings (SSSR count). The van der Waals surface area contributed by atoms with Gasteiger partial charge in [-0.25, -0.2) is 9.55 Å². The van der Waals surface area contributed by atoms with E-state index in [0.717, 1.165) is 5.56 Å². The number of fused-ring (bicyclic) bond motifs is 3. The monoisotopic (exact) mass is 340 g/mol. The SMILES string of the molecule is [2H]C([2H])([2H])c1cc[n+](C)c(-c2c(C)ccc3c2oc2nc(C(C([2H])([2H])[2H])C([2H])([2H])[2H])ccc23)c1. The third kappa shape index (κ3) is 2.51. The van der Waals surface area contributed by atoms with E-state index < -0.39 is 26.5 Å². The van der Waals surface area contributed by atoms with Crippen LogP contribution in [0.4, 0.5) is 0 Å². The molecule has 0 spiro atoms. The molecule has 3 heteroatoms. The van der Waals surface area contributed by atoms with Crippen molar-refractivity contribution in [1.29, 1.82) is 0 Å². The van der Waals surface area contributed by atoms with Gasteiger partial charge < -0.3 is 4.42 Å². The van der Waals surface area contributed by atoms with Gasteiger partial charge in [-0.2, -0.15) is 0 Å². The van der Waals surface area contributed by atoms with Gasteiger partial charge in [0.1, 0.15) is 7.05 Å². The lowest BCUT2D eigenvalue weighted by Gasteiger charge is -2.06. The molecule has 126 valence electrons. The highest BCUT2D eigenvalue weighted by atomic mass is 16.3. The maximum atomic E-state index is 7.77. The predicted molar refractivity (Wildman–Crippen MR) is 102 cm³/mol. The van der Waals surface area contributed by atoms with Gasteiger partial charge in [0.05, 0.1) is 5.56 Å². The van der Waals surface area contributed by atoms with E-state index in [-0.39, 0.29) is 17.0 Å². The average molecular weight is 340 g/mol. The van der Waals surface area contributed by atoms with Gasteiger partial charge in [-0.15, -0.1) is 0 Å². The topological polar surface area (TPSA) is 29.9 Å². The normalized spacial score (nSPS) is 18.6. The summed E-state index contributed by atoms with van der Waals surface area (Å²) in [4.78, 5) is 4.31. The molecule has 0 bridgehead atoms. The molecule has 0 aliphatic rings. The van der Waals surface area contributed by atoms with Crippen LogP contribution in [0.25, 0.3) is 33.3 Å². The summed E-state index contributed by atoms with van der Waals surface area (Å²) >= 11 is 0. The Kier molecular flexibility index (Phi) is 1.96. The zero-order valence-corrected chi connectivity index (χ0v) is 13.9. The average Bonchev–Trinajstić information content (AvgIpc) is 3.03. The number of nitrogens with zero attached hydrogens (tertiary/aromatic N) is 2. The van der Waals surface area contributed by atoms with Crippen LogP contribution in [-0.2, 0) is 7.05 Å². The van der Waals surface area contributed by atoms with E-state index in [1.54, 1.807) is 36.0 Å². The van der Waals surface area contributed by atoms with Crippen LogP contribution in [0.2, 0.25) is 0 Å².